The third-order valence-electron chi connectivity index (χ3n) is 5.39. The van der Waals surface area contributed by atoms with Gasteiger partial charge in [-0.05, 0) is 44.7 Å². The second-order valence-corrected chi connectivity index (χ2v) is 7.95. The molecular weight excluding hydrogens is 391 g/mol. The second-order valence-electron chi connectivity index (χ2n) is 7.95. The summed E-state index contributed by atoms with van der Waals surface area (Å²) in [7, 11) is 0. The Hall–Kier alpha value is -2.90. The number of rotatable bonds is 5. The molecule has 3 heterocycles. The van der Waals surface area contributed by atoms with Gasteiger partial charge in [-0.25, -0.2) is 23.1 Å². The smallest absolute Gasteiger partial charge is 0.172 e. The highest BCUT2D eigenvalue weighted by molar-refractivity contribution is 5.79. The van der Waals surface area contributed by atoms with Crippen molar-refractivity contribution in [2.75, 3.05) is 23.3 Å². The number of alkyl halides is 1. The topological polar surface area (TPSA) is 53.9 Å². The average Bonchev–Trinajstić information content (AvgIpc) is 2.72. The van der Waals surface area contributed by atoms with Gasteiger partial charge in [0.1, 0.15) is 23.3 Å². The number of piperidine rings is 1. The lowest BCUT2D eigenvalue weighted by atomic mass is 9.88. The van der Waals surface area contributed by atoms with Crippen LogP contribution >= 0.6 is 0 Å². The van der Waals surface area contributed by atoms with Crippen molar-refractivity contribution >= 4 is 22.7 Å². The molecule has 1 unspecified atom stereocenters. The molecule has 1 aromatic carbocycles. The maximum atomic E-state index is 15.0. The number of hydrogen-bond donors (Lipinski definition) is 1. The van der Waals surface area contributed by atoms with Crippen LogP contribution in [-0.4, -0.2) is 34.1 Å². The van der Waals surface area contributed by atoms with Gasteiger partial charge in [-0.1, -0.05) is 6.07 Å². The molecule has 3 aromatic rings. The first-order valence-corrected chi connectivity index (χ1v) is 10.1. The second kappa shape index (κ2) is 8.45. The number of nitrogens with one attached hydrogen (secondary N) is 1. The van der Waals surface area contributed by atoms with Gasteiger partial charge in [-0.15, -0.1) is 0 Å². The van der Waals surface area contributed by atoms with E-state index in [1.54, 1.807) is 12.4 Å². The standard InChI is InChI=1S/C22H24F3N5/c1-13(2)27-21-22(29-19-12-26-8-5-18(19)28-21)30-9-6-14(7-10-30)20(25)16-4-3-15(23)11-17(16)24/h3-5,8,11-14,20H,6-7,9-10H2,1-2H3,(H,27,28). The maximum absolute atomic E-state index is 15.0. The Labute approximate surface area is 173 Å². The van der Waals surface area contributed by atoms with Crippen molar-refractivity contribution in [2.45, 2.75) is 38.9 Å². The molecule has 1 N–H and O–H groups in total. The van der Waals surface area contributed by atoms with E-state index in [1.165, 1.54) is 6.07 Å². The van der Waals surface area contributed by atoms with Crippen LogP contribution in [0.15, 0.2) is 36.7 Å². The number of anilines is 2. The van der Waals surface area contributed by atoms with Gasteiger partial charge >= 0.3 is 0 Å². The summed E-state index contributed by atoms with van der Waals surface area (Å²) < 4.78 is 42.1. The Bertz CT molecular complexity index is 1030. The summed E-state index contributed by atoms with van der Waals surface area (Å²) in [4.78, 5) is 15.6. The van der Waals surface area contributed by atoms with Crippen LogP contribution in [0, 0.1) is 17.6 Å². The lowest BCUT2D eigenvalue weighted by Gasteiger charge is -2.35. The van der Waals surface area contributed by atoms with Crippen molar-refractivity contribution < 1.29 is 13.2 Å². The van der Waals surface area contributed by atoms with E-state index in [1.807, 2.05) is 19.9 Å². The fourth-order valence-electron chi connectivity index (χ4n) is 3.87. The van der Waals surface area contributed by atoms with E-state index in [4.69, 9.17) is 9.97 Å². The van der Waals surface area contributed by atoms with E-state index >= 15 is 0 Å². The first-order valence-electron chi connectivity index (χ1n) is 10.1. The van der Waals surface area contributed by atoms with E-state index in [2.05, 4.69) is 15.2 Å². The van der Waals surface area contributed by atoms with E-state index in [9.17, 15) is 13.2 Å². The third kappa shape index (κ3) is 4.17. The fraction of sp³-hybridized carbons (Fsp3) is 0.409. The minimum atomic E-state index is -1.46. The number of pyridine rings is 1. The summed E-state index contributed by atoms with van der Waals surface area (Å²) in [5.41, 5.74) is 1.37. The van der Waals surface area contributed by atoms with Gasteiger partial charge in [0.2, 0.25) is 0 Å². The SMILES string of the molecule is CC(C)Nc1nc2ccncc2nc1N1CCC(C(F)c2ccc(F)cc2F)CC1. The highest BCUT2D eigenvalue weighted by Crippen LogP contribution is 2.37. The minimum Gasteiger partial charge on any atom is -0.365 e. The van der Waals surface area contributed by atoms with Crippen LogP contribution in [0.25, 0.3) is 11.0 Å². The van der Waals surface area contributed by atoms with E-state index in [0.29, 0.717) is 43.1 Å². The lowest BCUT2D eigenvalue weighted by molar-refractivity contribution is 0.193. The molecular formula is C22H24F3N5. The molecule has 8 heteroatoms. The van der Waals surface area contributed by atoms with Gasteiger partial charge in [-0.2, -0.15) is 0 Å². The first-order chi connectivity index (χ1) is 14.4. The van der Waals surface area contributed by atoms with Crippen LogP contribution in [0.3, 0.4) is 0 Å². The predicted octanol–water partition coefficient (Wildman–Crippen LogP) is 5.05. The fourth-order valence-corrected chi connectivity index (χ4v) is 3.87. The normalized spacial score (nSPS) is 16.3. The van der Waals surface area contributed by atoms with Gasteiger partial charge < -0.3 is 10.2 Å². The number of benzene rings is 1. The molecule has 4 rings (SSSR count). The Kier molecular flexibility index (Phi) is 5.74. The lowest BCUT2D eigenvalue weighted by Crippen LogP contribution is -2.36. The molecule has 0 spiro atoms. The molecule has 1 aliphatic rings. The maximum Gasteiger partial charge on any atom is 0.172 e. The summed E-state index contributed by atoms with van der Waals surface area (Å²) in [6.07, 6.45) is 2.95. The molecule has 0 radical (unpaired) electrons. The van der Waals surface area contributed by atoms with Crippen LogP contribution in [0.5, 0.6) is 0 Å². The molecule has 0 amide bonds. The van der Waals surface area contributed by atoms with E-state index in [-0.39, 0.29) is 17.5 Å². The van der Waals surface area contributed by atoms with Gasteiger partial charge in [-0.3, -0.25) is 4.98 Å². The third-order valence-corrected chi connectivity index (χ3v) is 5.39. The van der Waals surface area contributed by atoms with Crippen molar-refractivity contribution in [1.29, 1.82) is 0 Å². The zero-order valence-corrected chi connectivity index (χ0v) is 16.9. The van der Waals surface area contributed by atoms with Crippen LogP contribution < -0.4 is 10.2 Å². The highest BCUT2D eigenvalue weighted by atomic mass is 19.1. The summed E-state index contributed by atoms with van der Waals surface area (Å²) in [5, 5.41) is 3.34. The molecule has 1 saturated heterocycles. The molecule has 5 nitrogen and oxygen atoms in total. The Morgan fingerprint density at radius 3 is 2.53 bits per heavy atom. The predicted molar refractivity (Wildman–Crippen MR) is 111 cm³/mol. The van der Waals surface area contributed by atoms with Gasteiger partial charge in [0.05, 0.1) is 11.7 Å². The van der Waals surface area contributed by atoms with Crippen molar-refractivity contribution in [3.05, 3.63) is 53.9 Å². The van der Waals surface area contributed by atoms with Crippen LogP contribution in [0.1, 0.15) is 38.4 Å². The number of nitrogens with zero attached hydrogens (tertiary/aromatic N) is 4. The summed E-state index contributed by atoms with van der Waals surface area (Å²) in [6.45, 7) is 5.20. The molecule has 30 heavy (non-hydrogen) atoms. The molecule has 0 saturated carbocycles. The molecule has 1 fully saturated rings. The minimum absolute atomic E-state index is 0.0754. The van der Waals surface area contributed by atoms with Gasteiger partial charge in [0.25, 0.3) is 0 Å². The number of fused-ring (bicyclic) bond motifs is 1. The molecule has 2 aromatic heterocycles. The monoisotopic (exact) mass is 415 g/mol. The summed E-state index contributed by atoms with van der Waals surface area (Å²) in [6, 6.07) is 5.03. The van der Waals surface area contributed by atoms with Crippen LogP contribution in [0.2, 0.25) is 0 Å². The Morgan fingerprint density at radius 1 is 1.07 bits per heavy atom. The zero-order valence-electron chi connectivity index (χ0n) is 16.9. The number of halogens is 3. The van der Waals surface area contributed by atoms with Crippen LogP contribution in [0.4, 0.5) is 24.8 Å². The summed E-state index contributed by atoms with van der Waals surface area (Å²) >= 11 is 0. The first kappa shape index (κ1) is 20.4. The zero-order chi connectivity index (χ0) is 21.3. The Balaban J connectivity index is 1.54. The van der Waals surface area contributed by atoms with Crippen molar-refractivity contribution in [3.63, 3.8) is 0 Å². The largest absolute Gasteiger partial charge is 0.365 e. The molecule has 0 bridgehead atoms. The van der Waals surface area contributed by atoms with Crippen molar-refractivity contribution in [2.24, 2.45) is 5.92 Å². The summed E-state index contributed by atoms with van der Waals surface area (Å²) in [5.74, 6) is -0.471. The highest BCUT2D eigenvalue weighted by Gasteiger charge is 2.31. The van der Waals surface area contributed by atoms with Gasteiger partial charge in [0.15, 0.2) is 11.6 Å². The molecule has 1 aliphatic heterocycles. The number of hydrogen-bond acceptors (Lipinski definition) is 5. The van der Waals surface area contributed by atoms with Gasteiger partial charge in [0, 0.05) is 37.0 Å². The molecule has 0 aliphatic carbocycles. The quantitative estimate of drug-likeness (QED) is 0.632. The molecule has 1 atom stereocenters. The molecule has 158 valence electrons. The van der Waals surface area contributed by atoms with Crippen LogP contribution in [-0.2, 0) is 0 Å². The average molecular weight is 415 g/mol. The van der Waals surface area contributed by atoms with E-state index < -0.39 is 17.8 Å². The van der Waals surface area contributed by atoms with E-state index in [0.717, 1.165) is 17.6 Å². The Morgan fingerprint density at radius 2 is 1.83 bits per heavy atom. The van der Waals surface area contributed by atoms with Crippen molar-refractivity contribution in [1.82, 2.24) is 15.0 Å². The van der Waals surface area contributed by atoms with Crippen molar-refractivity contribution in [3.8, 4) is 0 Å². The number of aromatic nitrogens is 3.